The summed E-state index contributed by atoms with van der Waals surface area (Å²) in [5, 5.41) is 4.92. The van der Waals surface area contributed by atoms with Gasteiger partial charge in [-0.2, -0.15) is 0 Å². The van der Waals surface area contributed by atoms with Crippen LogP contribution in [-0.2, 0) is 23.1 Å². The van der Waals surface area contributed by atoms with Gasteiger partial charge in [-0.25, -0.2) is 4.98 Å². The molecule has 1 N–H and O–H groups in total. The molecule has 19 heavy (non-hydrogen) atoms. The molecule has 0 fully saturated rings. The molecule has 1 unspecified atom stereocenters. The molecule has 1 aliphatic rings. The smallest absolute Gasteiger partial charge is 0.113 e. The summed E-state index contributed by atoms with van der Waals surface area (Å²) in [6.45, 7) is 8.47. The molecular weight excluding hydrogens is 256 g/mol. The molecule has 0 radical (unpaired) electrons. The van der Waals surface area contributed by atoms with E-state index < -0.39 is 0 Å². The predicted molar refractivity (Wildman–Crippen MR) is 80.8 cm³/mol. The Kier molecular flexibility index (Phi) is 4.98. The summed E-state index contributed by atoms with van der Waals surface area (Å²) in [7, 11) is 1.75. The van der Waals surface area contributed by atoms with E-state index in [-0.39, 0.29) is 5.54 Å². The second kappa shape index (κ2) is 6.33. The van der Waals surface area contributed by atoms with Crippen LogP contribution in [0.15, 0.2) is 0 Å². The molecule has 0 aliphatic heterocycles. The quantitative estimate of drug-likeness (QED) is 0.780. The molecule has 4 heteroatoms. The van der Waals surface area contributed by atoms with Gasteiger partial charge in [-0.3, -0.25) is 0 Å². The van der Waals surface area contributed by atoms with Gasteiger partial charge >= 0.3 is 0 Å². The number of hydrogen-bond donors (Lipinski definition) is 1. The molecule has 0 bridgehead atoms. The molecular formula is C15H26N2OS. The summed E-state index contributed by atoms with van der Waals surface area (Å²) >= 11 is 1.91. The zero-order valence-electron chi connectivity index (χ0n) is 12.6. The van der Waals surface area contributed by atoms with Crippen molar-refractivity contribution in [3.05, 3.63) is 15.6 Å². The van der Waals surface area contributed by atoms with Crippen LogP contribution in [0.1, 0.15) is 49.2 Å². The van der Waals surface area contributed by atoms with Crippen molar-refractivity contribution in [3.8, 4) is 0 Å². The van der Waals surface area contributed by atoms with Gasteiger partial charge in [0.25, 0.3) is 0 Å². The van der Waals surface area contributed by atoms with Crippen molar-refractivity contribution in [1.82, 2.24) is 10.3 Å². The lowest BCUT2D eigenvalue weighted by Crippen LogP contribution is -2.42. The third-order valence-electron chi connectivity index (χ3n) is 3.71. The normalized spacial score (nSPS) is 17.7. The van der Waals surface area contributed by atoms with Crippen molar-refractivity contribution in [1.29, 1.82) is 0 Å². The lowest BCUT2D eigenvalue weighted by molar-refractivity contribution is 0.180. The van der Waals surface area contributed by atoms with Crippen LogP contribution >= 0.6 is 11.3 Å². The van der Waals surface area contributed by atoms with E-state index in [1.807, 2.05) is 11.3 Å². The zero-order chi connectivity index (χ0) is 13.9. The van der Waals surface area contributed by atoms with E-state index in [0.29, 0.717) is 5.92 Å². The van der Waals surface area contributed by atoms with Crippen LogP contribution in [0.5, 0.6) is 0 Å². The third kappa shape index (κ3) is 3.56. The van der Waals surface area contributed by atoms with Gasteiger partial charge in [-0.1, -0.05) is 13.8 Å². The minimum Gasteiger partial charge on any atom is -0.383 e. The Labute approximate surface area is 120 Å². The van der Waals surface area contributed by atoms with Crippen LogP contribution in [0.2, 0.25) is 0 Å². The van der Waals surface area contributed by atoms with Crippen LogP contribution in [0.3, 0.4) is 0 Å². The standard InChI is InChI=1S/C15H26N2OS/c1-11(2)10-15(3,16-8-9-18-4)14-17-12-6-5-7-13(12)19-14/h11,16H,5-10H2,1-4H3. The van der Waals surface area contributed by atoms with Gasteiger partial charge in [0.15, 0.2) is 0 Å². The molecule has 108 valence electrons. The van der Waals surface area contributed by atoms with Crippen molar-refractivity contribution in [2.75, 3.05) is 20.3 Å². The number of aromatic nitrogens is 1. The molecule has 1 heterocycles. The number of nitrogens with zero attached hydrogens (tertiary/aromatic N) is 1. The van der Waals surface area contributed by atoms with E-state index in [4.69, 9.17) is 9.72 Å². The lowest BCUT2D eigenvalue weighted by atomic mass is 9.91. The fourth-order valence-corrected chi connectivity index (χ4v) is 4.19. The fourth-order valence-electron chi connectivity index (χ4n) is 2.91. The molecule has 0 aromatic carbocycles. The van der Waals surface area contributed by atoms with Gasteiger partial charge in [0.2, 0.25) is 0 Å². The van der Waals surface area contributed by atoms with E-state index in [1.165, 1.54) is 34.8 Å². The first-order chi connectivity index (χ1) is 9.05. The summed E-state index contributed by atoms with van der Waals surface area (Å²) in [6, 6.07) is 0. The first kappa shape index (κ1) is 14.9. The van der Waals surface area contributed by atoms with E-state index in [1.54, 1.807) is 7.11 Å². The van der Waals surface area contributed by atoms with Crippen molar-refractivity contribution in [3.63, 3.8) is 0 Å². The predicted octanol–water partition coefficient (Wildman–Crippen LogP) is 3.13. The molecule has 1 aromatic rings. The van der Waals surface area contributed by atoms with Crippen LogP contribution in [-0.4, -0.2) is 25.2 Å². The minimum atomic E-state index is -0.0122. The number of nitrogens with one attached hydrogen (secondary N) is 1. The van der Waals surface area contributed by atoms with Crippen LogP contribution < -0.4 is 5.32 Å². The maximum atomic E-state index is 5.16. The zero-order valence-corrected chi connectivity index (χ0v) is 13.4. The summed E-state index contributed by atoms with van der Waals surface area (Å²) in [6.07, 6.45) is 4.79. The van der Waals surface area contributed by atoms with E-state index in [2.05, 4.69) is 26.1 Å². The Bertz CT molecular complexity index is 395. The highest BCUT2D eigenvalue weighted by molar-refractivity contribution is 7.12. The lowest BCUT2D eigenvalue weighted by Gasteiger charge is -2.31. The maximum Gasteiger partial charge on any atom is 0.113 e. The van der Waals surface area contributed by atoms with Crippen LogP contribution in [0.4, 0.5) is 0 Å². The third-order valence-corrected chi connectivity index (χ3v) is 5.13. The van der Waals surface area contributed by atoms with Crippen molar-refractivity contribution >= 4 is 11.3 Å². The molecule has 0 saturated heterocycles. The maximum absolute atomic E-state index is 5.16. The van der Waals surface area contributed by atoms with E-state index in [9.17, 15) is 0 Å². The van der Waals surface area contributed by atoms with Gasteiger partial charge in [0, 0.05) is 18.5 Å². The minimum absolute atomic E-state index is 0.0122. The van der Waals surface area contributed by atoms with Crippen molar-refractivity contribution in [2.24, 2.45) is 5.92 Å². The topological polar surface area (TPSA) is 34.1 Å². The number of fused-ring (bicyclic) bond motifs is 1. The van der Waals surface area contributed by atoms with E-state index >= 15 is 0 Å². The Morgan fingerprint density at radius 3 is 2.84 bits per heavy atom. The molecule has 3 nitrogen and oxygen atoms in total. The van der Waals surface area contributed by atoms with Gasteiger partial charge in [0.05, 0.1) is 17.8 Å². The number of ether oxygens (including phenoxy) is 1. The number of methoxy groups -OCH3 is 1. The highest BCUT2D eigenvalue weighted by atomic mass is 32.1. The second-order valence-electron chi connectivity index (χ2n) is 6.09. The van der Waals surface area contributed by atoms with Crippen LogP contribution in [0, 0.1) is 5.92 Å². The Balaban J connectivity index is 2.15. The summed E-state index contributed by atoms with van der Waals surface area (Å²) in [5.41, 5.74) is 1.34. The molecule has 2 rings (SSSR count). The molecule has 0 spiro atoms. The van der Waals surface area contributed by atoms with Gasteiger partial charge < -0.3 is 10.1 Å². The van der Waals surface area contributed by atoms with E-state index in [0.717, 1.165) is 19.6 Å². The number of aryl methyl sites for hydroxylation is 2. The SMILES string of the molecule is COCCNC(C)(CC(C)C)c1nc2c(s1)CCC2. The molecule has 1 aliphatic carbocycles. The first-order valence-electron chi connectivity index (χ1n) is 7.28. The molecule has 1 aromatic heterocycles. The highest BCUT2D eigenvalue weighted by Gasteiger charge is 2.32. The Hall–Kier alpha value is -0.450. The molecule has 0 amide bonds. The summed E-state index contributed by atoms with van der Waals surface area (Å²) < 4.78 is 5.16. The molecule has 0 saturated carbocycles. The number of hydrogen-bond acceptors (Lipinski definition) is 4. The monoisotopic (exact) mass is 282 g/mol. The molecule has 1 atom stereocenters. The second-order valence-corrected chi connectivity index (χ2v) is 7.18. The fraction of sp³-hybridized carbons (Fsp3) is 0.800. The average Bonchev–Trinajstić information content (AvgIpc) is 2.88. The number of rotatable bonds is 7. The first-order valence-corrected chi connectivity index (χ1v) is 8.10. The Morgan fingerprint density at radius 1 is 1.42 bits per heavy atom. The number of thiazole rings is 1. The van der Waals surface area contributed by atoms with Crippen molar-refractivity contribution < 1.29 is 4.74 Å². The highest BCUT2D eigenvalue weighted by Crippen LogP contribution is 2.36. The largest absolute Gasteiger partial charge is 0.383 e. The Morgan fingerprint density at radius 2 is 2.21 bits per heavy atom. The van der Waals surface area contributed by atoms with Gasteiger partial charge in [0.1, 0.15) is 5.01 Å². The summed E-state index contributed by atoms with van der Waals surface area (Å²) in [4.78, 5) is 6.42. The van der Waals surface area contributed by atoms with Gasteiger partial charge in [-0.05, 0) is 38.5 Å². The van der Waals surface area contributed by atoms with Gasteiger partial charge in [-0.15, -0.1) is 11.3 Å². The summed E-state index contributed by atoms with van der Waals surface area (Å²) in [5.74, 6) is 0.652. The van der Waals surface area contributed by atoms with Crippen molar-refractivity contribution in [2.45, 2.75) is 52.0 Å². The van der Waals surface area contributed by atoms with Crippen LogP contribution in [0.25, 0.3) is 0 Å². The average molecular weight is 282 g/mol.